The average molecular weight is 373 g/mol. The first-order valence-corrected chi connectivity index (χ1v) is 8.30. The van der Waals surface area contributed by atoms with Crippen molar-refractivity contribution < 1.29 is 19.1 Å². The molecule has 0 saturated heterocycles. The third kappa shape index (κ3) is 3.97. The van der Waals surface area contributed by atoms with Crippen molar-refractivity contribution in [2.75, 3.05) is 13.7 Å². The molecule has 0 radical (unpaired) electrons. The van der Waals surface area contributed by atoms with Crippen LogP contribution < -0.4 is 9.47 Å². The Morgan fingerprint density at radius 2 is 2.12 bits per heavy atom. The fraction of sp³-hybridized carbons (Fsp3) is 0.158. The number of hydrogen-bond acceptors (Lipinski definition) is 6. The van der Waals surface area contributed by atoms with Crippen molar-refractivity contribution in [3.8, 4) is 28.6 Å². The van der Waals surface area contributed by atoms with E-state index in [2.05, 4.69) is 10.1 Å². The van der Waals surface area contributed by atoms with Crippen LogP contribution in [-0.4, -0.2) is 29.0 Å². The second kappa shape index (κ2) is 7.93. The number of aromatic nitrogens is 2. The standard InChI is InChI=1S/C19H17ClN2O4/c1-3-25-17-10-12(7-8-16(17)23)9-15(20)19-21-18(22-26-19)13-5-4-6-14(11-13)24-2/h4-11,23H,3H2,1-2H3/b15-9-. The molecule has 26 heavy (non-hydrogen) atoms. The molecule has 0 aliphatic carbocycles. The highest BCUT2D eigenvalue weighted by atomic mass is 35.5. The van der Waals surface area contributed by atoms with Crippen molar-refractivity contribution in [2.45, 2.75) is 6.92 Å². The highest BCUT2D eigenvalue weighted by Gasteiger charge is 2.12. The lowest BCUT2D eigenvalue weighted by atomic mass is 10.2. The minimum atomic E-state index is 0.0678. The van der Waals surface area contributed by atoms with E-state index >= 15 is 0 Å². The Morgan fingerprint density at radius 1 is 1.27 bits per heavy atom. The van der Waals surface area contributed by atoms with Gasteiger partial charge in [0.15, 0.2) is 11.5 Å². The minimum absolute atomic E-state index is 0.0678. The van der Waals surface area contributed by atoms with Crippen LogP contribution >= 0.6 is 11.6 Å². The number of nitrogens with zero attached hydrogens (tertiary/aromatic N) is 2. The maximum absolute atomic E-state index is 9.76. The van der Waals surface area contributed by atoms with Crippen LogP contribution in [0.15, 0.2) is 47.0 Å². The van der Waals surface area contributed by atoms with E-state index in [1.54, 1.807) is 31.4 Å². The molecule has 0 aliphatic rings. The third-order valence-electron chi connectivity index (χ3n) is 3.54. The second-order valence-corrected chi connectivity index (χ2v) is 5.71. The first kappa shape index (κ1) is 17.8. The van der Waals surface area contributed by atoms with E-state index < -0.39 is 0 Å². The van der Waals surface area contributed by atoms with Crippen LogP contribution in [0.2, 0.25) is 0 Å². The van der Waals surface area contributed by atoms with Crippen LogP contribution in [0.25, 0.3) is 22.5 Å². The van der Waals surface area contributed by atoms with E-state index in [0.717, 1.165) is 11.1 Å². The molecule has 0 amide bonds. The lowest BCUT2D eigenvalue weighted by molar-refractivity contribution is 0.318. The Kier molecular flexibility index (Phi) is 5.43. The first-order chi connectivity index (χ1) is 12.6. The summed E-state index contributed by atoms with van der Waals surface area (Å²) in [7, 11) is 1.59. The summed E-state index contributed by atoms with van der Waals surface area (Å²) in [5.41, 5.74) is 1.49. The zero-order valence-corrected chi connectivity index (χ0v) is 15.0. The molecule has 1 heterocycles. The number of ether oxygens (including phenoxy) is 2. The van der Waals surface area contributed by atoms with E-state index in [1.165, 1.54) is 6.07 Å². The molecule has 2 aromatic carbocycles. The smallest absolute Gasteiger partial charge is 0.269 e. The van der Waals surface area contributed by atoms with E-state index in [1.807, 2.05) is 25.1 Å². The van der Waals surface area contributed by atoms with Crippen LogP contribution in [0.3, 0.4) is 0 Å². The van der Waals surface area contributed by atoms with Gasteiger partial charge in [-0.1, -0.05) is 35.0 Å². The summed E-state index contributed by atoms with van der Waals surface area (Å²) in [5.74, 6) is 1.75. The number of halogens is 1. The number of hydrogen-bond donors (Lipinski definition) is 1. The lowest BCUT2D eigenvalue weighted by Gasteiger charge is -2.06. The Bertz CT molecular complexity index is 937. The molecule has 6 nitrogen and oxygen atoms in total. The number of phenols is 1. The molecule has 1 N–H and O–H groups in total. The highest BCUT2D eigenvalue weighted by Crippen LogP contribution is 2.30. The van der Waals surface area contributed by atoms with Crippen molar-refractivity contribution in [1.29, 1.82) is 0 Å². The third-order valence-corrected chi connectivity index (χ3v) is 3.81. The van der Waals surface area contributed by atoms with Gasteiger partial charge in [-0.05, 0) is 42.8 Å². The molecule has 0 spiro atoms. The van der Waals surface area contributed by atoms with Gasteiger partial charge in [0.25, 0.3) is 5.89 Å². The van der Waals surface area contributed by atoms with Gasteiger partial charge in [0.05, 0.1) is 13.7 Å². The van der Waals surface area contributed by atoms with Crippen LogP contribution in [-0.2, 0) is 0 Å². The second-order valence-electron chi connectivity index (χ2n) is 5.31. The Hall–Kier alpha value is -2.99. The maximum Gasteiger partial charge on any atom is 0.269 e. The molecule has 0 unspecified atom stereocenters. The van der Waals surface area contributed by atoms with Crippen molar-refractivity contribution in [1.82, 2.24) is 10.1 Å². The fourth-order valence-corrected chi connectivity index (χ4v) is 2.50. The van der Waals surface area contributed by atoms with E-state index in [9.17, 15) is 5.11 Å². The molecule has 0 bridgehead atoms. The van der Waals surface area contributed by atoms with Gasteiger partial charge in [0.2, 0.25) is 5.82 Å². The molecule has 134 valence electrons. The molecule has 3 aromatic rings. The molecule has 0 fully saturated rings. The van der Waals surface area contributed by atoms with Gasteiger partial charge >= 0.3 is 0 Å². The van der Waals surface area contributed by atoms with Crippen LogP contribution in [0.4, 0.5) is 0 Å². The summed E-state index contributed by atoms with van der Waals surface area (Å²) in [4.78, 5) is 4.31. The zero-order chi connectivity index (χ0) is 18.5. The molecule has 0 saturated carbocycles. The summed E-state index contributed by atoms with van der Waals surface area (Å²) in [6.45, 7) is 2.29. The molecular formula is C19H17ClN2O4. The Labute approximate surface area is 155 Å². The summed E-state index contributed by atoms with van der Waals surface area (Å²) in [6.07, 6.45) is 1.66. The number of rotatable bonds is 6. The maximum atomic E-state index is 9.76. The lowest BCUT2D eigenvalue weighted by Crippen LogP contribution is -1.92. The predicted molar refractivity (Wildman–Crippen MR) is 99.3 cm³/mol. The molecular weight excluding hydrogens is 356 g/mol. The molecule has 0 atom stereocenters. The van der Waals surface area contributed by atoms with Gasteiger partial charge in [-0.2, -0.15) is 4.98 Å². The van der Waals surface area contributed by atoms with Gasteiger partial charge in [-0.25, -0.2) is 0 Å². The largest absolute Gasteiger partial charge is 0.504 e. The van der Waals surface area contributed by atoms with Crippen molar-refractivity contribution in [2.24, 2.45) is 0 Å². The number of benzene rings is 2. The number of phenolic OH excluding ortho intramolecular Hbond substituents is 1. The normalized spacial score (nSPS) is 11.4. The van der Waals surface area contributed by atoms with Gasteiger partial charge in [0.1, 0.15) is 10.8 Å². The summed E-state index contributed by atoms with van der Waals surface area (Å²) in [5, 5.41) is 14.0. The zero-order valence-electron chi connectivity index (χ0n) is 14.3. The summed E-state index contributed by atoms with van der Waals surface area (Å²) in [6, 6.07) is 12.3. The summed E-state index contributed by atoms with van der Waals surface area (Å²) >= 11 is 6.31. The van der Waals surface area contributed by atoms with E-state index in [-0.39, 0.29) is 16.7 Å². The van der Waals surface area contributed by atoms with Crippen molar-refractivity contribution in [3.05, 3.63) is 53.9 Å². The van der Waals surface area contributed by atoms with E-state index in [4.69, 9.17) is 25.6 Å². The monoisotopic (exact) mass is 372 g/mol. The van der Waals surface area contributed by atoms with Gasteiger partial charge in [-0.15, -0.1) is 0 Å². The van der Waals surface area contributed by atoms with Crippen molar-refractivity contribution in [3.63, 3.8) is 0 Å². The summed E-state index contributed by atoms with van der Waals surface area (Å²) < 4.78 is 15.8. The topological polar surface area (TPSA) is 77.6 Å². The molecule has 1 aromatic heterocycles. The molecule has 7 heteroatoms. The number of aromatic hydroxyl groups is 1. The van der Waals surface area contributed by atoms with E-state index in [0.29, 0.717) is 23.9 Å². The van der Waals surface area contributed by atoms with Crippen molar-refractivity contribution >= 4 is 22.7 Å². The number of methoxy groups -OCH3 is 1. The van der Waals surface area contributed by atoms with Gasteiger partial charge in [0, 0.05) is 5.56 Å². The Morgan fingerprint density at radius 3 is 2.88 bits per heavy atom. The van der Waals surface area contributed by atoms with Crippen LogP contribution in [0, 0.1) is 0 Å². The fourth-order valence-electron chi connectivity index (χ4n) is 2.30. The molecule has 0 aliphatic heterocycles. The minimum Gasteiger partial charge on any atom is -0.504 e. The Balaban J connectivity index is 1.86. The van der Waals surface area contributed by atoms with Crippen LogP contribution in [0.5, 0.6) is 17.2 Å². The average Bonchev–Trinajstić information content (AvgIpc) is 3.15. The SMILES string of the molecule is CCOc1cc(/C=C(\Cl)c2nc(-c3cccc(OC)c3)no2)ccc1O. The highest BCUT2D eigenvalue weighted by molar-refractivity contribution is 6.50. The quantitative estimate of drug-likeness (QED) is 0.682. The van der Waals surface area contributed by atoms with Gasteiger partial charge in [-0.3, -0.25) is 0 Å². The van der Waals surface area contributed by atoms with Gasteiger partial charge < -0.3 is 19.1 Å². The van der Waals surface area contributed by atoms with Crippen LogP contribution in [0.1, 0.15) is 18.4 Å². The predicted octanol–water partition coefficient (Wildman–Crippen LogP) is 4.59. The first-order valence-electron chi connectivity index (χ1n) is 7.92. The molecule has 3 rings (SSSR count).